The zero-order valence-electron chi connectivity index (χ0n) is 11.2. The van der Waals surface area contributed by atoms with Crippen LogP contribution in [0.25, 0.3) is 0 Å². The molecule has 98 valence electrons. The molecule has 0 radical (unpaired) electrons. The maximum Gasteiger partial charge on any atom is 0.155 e. The first-order valence-corrected chi connectivity index (χ1v) is 7.13. The molecule has 0 saturated heterocycles. The number of carbonyl (C=O) groups is 1. The van der Waals surface area contributed by atoms with Crippen LogP contribution in [-0.2, 0) is 4.79 Å². The zero-order chi connectivity index (χ0) is 12.8. The van der Waals surface area contributed by atoms with E-state index in [1.165, 1.54) is 19.3 Å². The number of ketones is 1. The van der Waals surface area contributed by atoms with Gasteiger partial charge in [0.05, 0.1) is 6.54 Å². The number of anilines is 1. The molecule has 1 aliphatic rings. The van der Waals surface area contributed by atoms with Crippen molar-refractivity contribution in [3.05, 3.63) is 30.3 Å². The van der Waals surface area contributed by atoms with E-state index in [1.54, 1.807) is 0 Å². The van der Waals surface area contributed by atoms with Crippen molar-refractivity contribution >= 4 is 11.5 Å². The second-order valence-electron chi connectivity index (χ2n) is 5.25. The number of nitrogens with one attached hydrogen (secondary N) is 1. The molecule has 1 N–H and O–H groups in total. The Hall–Kier alpha value is -1.31. The Kier molecular flexibility index (Phi) is 4.80. The summed E-state index contributed by atoms with van der Waals surface area (Å²) in [5.41, 5.74) is 1.04. The number of carbonyl (C=O) groups excluding carboxylic acids is 1. The summed E-state index contributed by atoms with van der Waals surface area (Å²) in [6.45, 7) is 2.69. The zero-order valence-corrected chi connectivity index (χ0v) is 11.2. The Morgan fingerprint density at radius 3 is 2.67 bits per heavy atom. The third-order valence-electron chi connectivity index (χ3n) is 4.09. The first kappa shape index (κ1) is 13.1. The minimum absolute atomic E-state index is 0.292. The Bertz CT molecular complexity index is 374. The minimum Gasteiger partial charge on any atom is -0.378 e. The van der Waals surface area contributed by atoms with Crippen LogP contribution < -0.4 is 5.32 Å². The summed E-state index contributed by atoms with van der Waals surface area (Å²) in [6, 6.07) is 9.97. The summed E-state index contributed by atoms with van der Waals surface area (Å²) >= 11 is 0. The largest absolute Gasteiger partial charge is 0.378 e. The summed E-state index contributed by atoms with van der Waals surface area (Å²) in [6.07, 6.45) is 5.99. The first-order chi connectivity index (χ1) is 8.81. The van der Waals surface area contributed by atoms with Gasteiger partial charge in [0.15, 0.2) is 5.78 Å². The van der Waals surface area contributed by atoms with Gasteiger partial charge in [-0.2, -0.15) is 0 Å². The molecular weight excluding hydrogens is 222 g/mol. The highest BCUT2D eigenvalue weighted by atomic mass is 16.1. The van der Waals surface area contributed by atoms with E-state index in [1.807, 2.05) is 30.3 Å². The van der Waals surface area contributed by atoms with Gasteiger partial charge in [-0.3, -0.25) is 4.79 Å². The van der Waals surface area contributed by atoms with Crippen LogP contribution in [0.4, 0.5) is 5.69 Å². The van der Waals surface area contributed by atoms with E-state index < -0.39 is 0 Å². The predicted octanol–water partition coefficient (Wildman–Crippen LogP) is 3.88. The van der Waals surface area contributed by atoms with Crippen LogP contribution in [0.1, 0.15) is 39.0 Å². The lowest BCUT2D eigenvalue weighted by atomic mass is 9.75. The van der Waals surface area contributed by atoms with Gasteiger partial charge in [0.1, 0.15) is 0 Å². The predicted molar refractivity (Wildman–Crippen MR) is 75.7 cm³/mol. The fraction of sp³-hybridized carbons (Fsp3) is 0.562. The van der Waals surface area contributed by atoms with Gasteiger partial charge in [-0.25, -0.2) is 0 Å². The van der Waals surface area contributed by atoms with Gasteiger partial charge in [0.2, 0.25) is 0 Å². The van der Waals surface area contributed by atoms with E-state index in [0.29, 0.717) is 24.2 Å². The molecule has 2 unspecified atom stereocenters. The molecule has 0 spiro atoms. The molecule has 18 heavy (non-hydrogen) atoms. The monoisotopic (exact) mass is 245 g/mol. The smallest absolute Gasteiger partial charge is 0.155 e. The van der Waals surface area contributed by atoms with Crippen molar-refractivity contribution in [2.75, 3.05) is 11.9 Å². The average molecular weight is 245 g/mol. The van der Waals surface area contributed by atoms with Gasteiger partial charge in [0, 0.05) is 11.6 Å². The summed E-state index contributed by atoms with van der Waals surface area (Å²) in [5, 5.41) is 3.24. The summed E-state index contributed by atoms with van der Waals surface area (Å²) in [7, 11) is 0. The van der Waals surface area contributed by atoms with Crippen molar-refractivity contribution in [2.45, 2.75) is 39.0 Å². The minimum atomic E-state index is 0.292. The van der Waals surface area contributed by atoms with Gasteiger partial charge in [0.25, 0.3) is 0 Å². The molecule has 2 atom stereocenters. The van der Waals surface area contributed by atoms with Crippen molar-refractivity contribution in [1.82, 2.24) is 0 Å². The van der Waals surface area contributed by atoms with Crippen molar-refractivity contribution in [3.8, 4) is 0 Å². The van der Waals surface area contributed by atoms with Gasteiger partial charge in [-0.1, -0.05) is 44.4 Å². The molecular formula is C16H23NO. The van der Waals surface area contributed by atoms with Crippen molar-refractivity contribution in [1.29, 1.82) is 0 Å². The van der Waals surface area contributed by atoms with E-state index in [2.05, 4.69) is 12.2 Å². The lowest BCUT2D eigenvalue weighted by molar-refractivity contribution is -0.123. The highest BCUT2D eigenvalue weighted by Gasteiger charge is 2.28. The Balaban J connectivity index is 1.87. The third-order valence-corrected chi connectivity index (χ3v) is 4.09. The highest BCUT2D eigenvalue weighted by molar-refractivity contribution is 5.85. The number of hydrogen-bond donors (Lipinski definition) is 1. The normalized spacial score (nSPS) is 23.6. The van der Waals surface area contributed by atoms with Crippen LogP contribution in [0.5, 0.6) is 0 Å². The van der Waals surface area contributed by atoms with Gasteiger partial charge in [-0.05, 0) is 30.9 Å². The quantitative estimate of drug-likeness (QED) is 0.852. The van der Waals surface area contributed by atoms with E-state index >= 15 is 0 Å². The first-order valence-electron chi connectivity index (χ1n) is 7.13. The average Bonchev–Trinajstić information content (AvgIpc) is 2.45. The fourth-order valence-corrected chi connectivity index (χ4v) is 3.00. The molecule has 1 aliphatic carbocycles. The molecule has 1 aromatic carbocycles. The topological polar surface area (TPSA) is 29.1 Å². The van der Waals surface area contributed by atoms with Crippen molar-refractivity contribution < 1.29 is 4.79 Å². The molecule has 2 rings (SSSR count). The molecule has 2 heteroatoms. The highest BCUT2D eigenvalue weighted by Crippen LogP contribution is 2.32. The molecule has 0 bridgehead atoms. The van der Waals surface area contributed by atoms with Crippen LogP contribution in [0, 0.1) is 11.8 Å². The Labute approximate surface area is 110 Å². The Morgan fingerprint density at radius 2 is 1.94 bits per heavy atom. The SMILES string of the molecule is CCC1CCCCC1C(=O)CNc1ccccc1. The second-order valence-corrected chi connectivity index (χ2v) is 5.25. The molecule has 1 aromatic rings. The molecule has 1 fully saturated rings. The number of para-hydroxylation sites is 1. The second kappa shape index (κ2) is 6.58. The van der Waals surface area contributed by atoms with E-state index in [9.17, 15) is 4.79 Å². The molecule has 0 amide bonds. The number of hydrogen-bond acceptors (Lipinski definition) is 2. The number of benzene rings is 1. The van der Waals surface area contributed by atoms with Crippen molar-refractivity contribution in [3.63, 3.8) is 0 Å². The summed E-state index contributed by atoms with van der Waals surface area (Å²) in [4.78, 5) is 12.3. The van der Waals surface area contributed by atoms with Crippen LogP contribution >= 0.6 is 0 Å². The molecule has 0 heterocycles. The van der Waals surface area contributed by atoms with E-state index in [0.717, 1.165) is 18.5 Å². The van der Waals surface area contributed by atoms with Crippen molar-refractivity contribution in [2.24, 2.45) is 11.8 Å². The summed E-state index contributed by atoms with van der Waals surface area (Å²) < 4.78 is 0. The van der Waals surface area contributed by atoms with Crippen LogP contribution in [0.3, 0.4) is 0 Å². The molecule has 2 nitrogen and oxygen atoms in total. The van der Waals surface area contributed by atoms with Crippen LogP contribution in [0.2, 0.25) is 0 Å². The maximum atomic E-state index is 12.3. The number of rotatable bonds is 5. The third kappa shape index (κ3) is 3.34. The Morgan fingerprint density at radius 1 is 1.22 bits per heavy atom. The standard InChI is InChI=1S/C16H23NO/c1-2-13-8-6-7-11-15(13)16(18)12-17-14-9-4-3-5-10-14/h3-5,9-10,13,15,17H,2,6-8,11-12H2,1H3. The number of Topliss-reactive ketones (excluding diaryl/α,β-unsaturated/α-hetero) is 1. The van der Waals surface area contributed by atoms with Gasteiger partial charge in [-0.15, -0.1) is 0 Å². The van der Waals surface area contributed by atoms with Gasteiger partial charge >= 0.3 is 0 Å². The van der Waals surface area contributed by atoms with Crippen LogP contribution in [0.15, 0.2) is 30.3 Å². The lowest BCUT2D eigenvalue weighted by Crippen LogP contribution is -2.31. The van der Waals surface area contributed by atoms with Gasteiger partial charge < -0.3 is 5.32 Å². The maximum absolute atomic E-state index is 12.3. The lowest BCUT2D eigenvalue weighted by Gasteiger charge is -2.29. The molecule has 0 aromatic heterocycles. The van der Waals surface area contributed by atoms with E-state index in [-0.39, 0.29) is 0 Å². The van der Waals surface area contributed by atoms with E-state index in [4.69, 9.17) is 0 Å². The van der Waals surface area contributed by atoms with Crippen LogP contribution in [-0.4, -0.2) is 12.3 Å². The summed E-state index contributed by atoms with van der Waals surface area (Å²) in [5.74, 6) is 1.30. The molecule has 0 aliphatic heterocycles. The fourth-order valence-electron chi connectivity index (χ4n) is 3.00. The molecule has 1 saturated carbocycles.